The third-order valence-corrected chi connectivity index (χ3v) is 4.13. The molecule has 21 heavy (non-hydrogen) atoms. The highest BCUT2D eigenvalue weighted by atomic mass is 16.5. The predicted molar refractivity (Wildman–Crippen MR) is 85.2 cm³/mol. The topological polar surface area (TPSA) is 47.0 Å². The second-order valence-corrected chi connectivity index (χ2v) is 7.37. The fourth-order valence-electron chi connectivity index (χ4n) is 2.66. The van der Waals surface area contributed by atoms with Crippen molar-refractivity contribution in [3.05, 3.63) is 17.8 Å². The van der Waals surface area contributed by atoms with Crippen LogP contribution in [0.5, 0.6) is 5.88 Å². The highest BCUT2D eigenvalue weighted by molar-refractivity contribution is 5.12. The lowest BCUT2D eigenvalue weighted by molar-refractivity contribution is 0.0939. The van der Waals surface area contributed by atoms with E-state index in [4.69, 9.17) is 4.74 Å². The normalized spacial score (nSPS) is 18.9. The first-order valence-electron chi connectivity index (χ1n) is 8.14. The van der Waals surface area contributed by atoms with E-state index in [0.717, 1.165) is 31.6 Å². The fraction of sp³-hybridized carbons (Fsp3) is 0.765. The molecule has 1 aromatic rings. The van der Waals surface area contributed by atoms with Crippen LogP contribution in [0.4, 0.5) is 0 Å². The molecule has 0 amide bonds. The third kappa shape index (κ3) is 5.62. The quantitative estimate of drug-likeness (QED) is 0.870. The summed E-state index contributed by atoms with van der Waals surface area (Å²) in [5.41, 5.74) is 1.44. The summed E-state index contributed by atoms with van der Waals surface area (Å²) in [4.78, 5) is 0. The zero-order chi connectivity index (χ0) is 15.3. The van der Waals surface area contributed by atoms with Gasteiger partial charge in [-0.3, -0.25) is 0 Å². The molecule has 1 aliphatic carbocycles. The average Bonchev–Trinajstić information content (AvgIpc) is 2.43. The van der Waals surface area contributed by atoms with Gasteiger partial charge < -0.3 is 10.1 Å². The Hall–Kier alpha value is -1.16. The molecule has 0 radical (unpaired) electrons. The molecule has 2 rings (SSSR count). The Morgan fingerprint density at radius 2 is 1.95 bits per heavy atom. The van der Waals surface area contributed by atoms with Crippen LogP contribution < -0.4 is 10.1 Å². The van der Waals surface area contributed by atoms with Crippen LogP contribution in [0.1, 0.15) is 59.1 Å². The summed E-state index contributed by atoms with van der Waals surface area (Å²) in [5.74, 6) is 1.31. The van der Waals surface area contributed by atoms with E-state index in [0.29, 0.717) is 23.3 Å². The van der Waals surface area contributed by atoms with E-state index in [1.807, 2.05) is 12.1 Å². The van der Waals surface area contributed by atoms with Gasteiger partial charge in [-0.25, -0.2) is 0 Å². The van der Waals surface area contributed by atoms with Crippen molar-refractivity contribution in [2.45, 2.75) is 66.0 Å². The molecule has 1 heterocycles. The van der Waals surface area contributed by atoms with Gasteiger partial charge in [0.25, 0.3) is 0 Å². The number of aromatic nitrogens is 2. The number of ether oxygens (including phenoxy) is 1. The first-order chi connectivity index (χ1) is 9.94. The molecule has 0 aliphatic heterocycles. The van der Waals surface area contributed by atoms with Gasteiger partial charge in [0.2, 0.25) is 5.88 Å². The molecule has 0 saturated heterocycles. The van der Waals surface area contributed by atoms with Crippen LogP contribution >= 0.6 is 0 Å². The Balaban J connectivity index is 1.77. The van der Waals surface area contributed by atoms with E-state index >= 15 is 0 Å². The highest BCUT2D eigenvalue weighted by Gasteiger charge is 2.27. The number of nitrogens with zero attached hydrogens (tertiary/aromatic N) is 2. The van der Waals surface area contributed by atoms with Crippen LogP contribution in [0, 0.1) is 11.3 Å². The molecule has 0 spiro atoms. The van der Waals surface area contributed by atoms with E-state index in [-0.39, 0.29) is 0 Å². The van der Waals surface area contributed by atoms with Crippen LogP contribution in [0.15, 0.2) is 12.1 Å². The Labute approximate surface area is 128 Å². The maximum atomic E-state index is 5.95. The summed E-state index contributed by atoms with van der Waals surface area (Å²) in [6.45, 7) is 10.8. The molecule has 0 aromatic carbocycles. The standard InChI is InChI=1S/C17H29N3O/c1-13(2)11-18-12-14-5-6-16(20-19-14)21-15-7-9-17(3,4)10-8-15/h5-6,13,15,18H,7-12H2,1-4H3. The molecule has 4 nitrogen and oxygen atoms in total. The Bertz CT molecular complexity index is 418. The molecule has 1 saturated carbocycles. The predicted octanol–water partition coefficient (Wildman–Crippen LogP) is 3.57. The van der Waals surface area contributed by atoms with Crippen molar-refractivity contribution in [1.29, 1.82) is 0 Å². The van der Waals surface area contributed by atoms with E-state index < -0.39 is 0 Å². The molecule has 0 atom stereocenters. The summed E-state index contributed by atoms with van der Waals surface area (Å²) in [6.07, 6.45) is 4.99. The molecule has 1 aliphatic rings. The molecule has 1 N–H and O–H groups in total. The van der Waals surface area contributed by atoms with Gasteiger partial charge in [0.05, 0.1) is 5.69 Å². The van der Waals surface area contributed by atoms with Crippen molar-refractivity contribution < 1.29 is 4.74 Å². The van der Waals surface area contributed by atoms with E-state index in [9.17, 15) is 0 Å². The molecule has 0 bridgehead atoms. The van der Waals surface area contributed by atoms with Gasteiger partial charge in [-0.1, -0.05) is 27.7 Å². The molecule has 0 unspecified atom stereocenters. The first-order valence-corrected chi connectivity index (χ1v) is 8.14. The molecule has 4 heteroatoms. The zero-order valence-electron chi connectivity index (χ0n) is 13.9. The van der Waals surface area contributed by atoms with Crippen molar-refractivity contribution in [2.75, 3.05) is 6.54 Å². The van der Waals surface area contributed by atoms with Crippen molar-refractivity contribution in [3.63, 3.8) is 0 Å². The third-order valence-electron chi connectivity index (χ3n) is 4.13. The number of hydrogen-bond donors (Lipinski definition) is 1. The number of nitrogens with one attached hydrogen (secondary N) is 1. The van der Waals surface area contributed by atoms with Crippen molar-refractivity contribution in [1.82, 2.24) is 15.5 Å². The van der Waals surface area contributed by atoms with E-state index in [1.165, 1.54) is 12.8 Å². The minimum atomic E-state index is 0.303. The van der Waals surface area contributed by atoms with Gasteiger partial charge in [-0.15, -0.1) is 5.10 Å². The average molecular weight is 291 g/mol. The minimum absolute atomic E-state index is 0.303. The van der Waals surface area contributed by atoms with Crippen LogP contribution in [0.2, 0.25) is 0 Å². The largest absolute Gasteiger partial charge is 0.473 e. The van der Waals surface area contributed by atoms with Crippen molar-refractivity contribution in [3.8, 4) is 5.88 Å². The van der Waals surface area contributed by atoms with Crippen molar-refractivity contribution >= 4 is 0 Å². The second-order valence-electron chi connectivity index (χ2n) is 7.37. The molecule has 118 valence electrons. The number of rotatable bonds is 6. The van der Waals surface area contributed by atoms with Crippen LogP contribution in [0.25, 0.3) is 0 Å². The van der Waals surface area contributed by atoms with Crippen LogP contribution in [-0.4, -0.2) is 22.8 Å². The van der Waals surface area contributed by atoms with Gasteiger partial charge in [-0.2, -0.15) is 5.10 Å². The second kappa shape index (κ2) is 7.21. The molecule has 1 aromatic heterocycles. The smallest absolute Gasteiger partial charge is 0.233 e. The lowest BCUT2D eigenvalue weighted by atomic mass is 9.76. The SMILES string of the molecule is CC(C)CNCc1ccc(OC2CCC(C)(C)CC2)nn1. The van der Waals surface area contributed by atoms with Gasteiger partial charge >= 0.3 is 0 Å². The number of hydrogen-bond acceptors (Lipinski definition) is 4. The fourth-order valence-corrected chi connectivity index (χ4v) is 2.66. The van der Waals surface area contributed by atoms with Gasteiger partial charge in [0.15, 0.2) is 0 Å². The lowest BCUT2D eigenvalue weighted by Crippen LogP contribution is -2.28. The summed E-state index contributed by atoms with van der Waals surface area (Å²) >= 11 is 0. The monoisotopic (exact) mass is 291 g/mol. The van der Waals surface area contributed by atoms with Gasteiger partial charge in [-0.05, 0) is 49.6 Å². The summed E-state index contributed by atoms with van der Waals surface area (Å²) < 4.78 is 5.95. The van der Waals surface area contributed by atoms with Gasteiger partial charge in [0.1, 0.15) is 6.10 Å². The van der Waals surface area contributed by atoms with Gasteiger partial charge in [0, 0.05) is 12.6 Å². The maximum Gasteiger partial charge on any atom is 0.233 e. The Morgan fingerprint density at radius 3 is 2.52 bits per heavy atom. The summed E-state index contributed by atoms with van der Waals surface area (Å²) in [7, 11) is 0. The van der Waals surface area contributed by atoms with Crippen LogP contribution in [0.3, 0.4) is 0 Å². The highest BCUT2D eigenvalue weighted by Crippen LogP contribution is 2.36. The molecular weight excluding hydrogens is 262 g/mol. The molecular formula is C17H29N3O. The van der Waals surface area contributed by atoms with E-state index in [1.54, 1.807) is 0 Å². The Morgan fingerprint density at radius 1 is 1.24 bits per heavy atom. The lowest BCUT2D eigenvalue weighted by Gasteiger charge is -2.33. The maximum absolute atomic E-state index is 5.95. The van der Waals surface area contributed by atoms with Crippen LogP contribution in [-0.2, 0) is 6.54 Å². The summed E-state index contributed by atoms with van der Waals surface area (Å²) in [5, 5.41) is 11.8. The van der Waals surface area contributed by atoms with Crippen molar-refractivity contribution in [2.24, 2.45) is 11.3 Å². The summed E-state index contributed by atoms with van der Waals surface area (Å²) in [6, 6.07) is 3.95. The molecule has 1 fully saturated rings. The first kappa shape index (κ1) is 16.2. The van der Waals surface area contributed by atoms with E-state index in [2.05, 4.69) is 43.2 Å². The zero-order valence-corrected chi connectivity index (χ0v) is 13.9. The Kier molecular flexibility index (Phi) is 5.57. The minimum Gasteiger partial charge on any atom is -0.473 e.